The van der Waals surface area contributed by atoms with Crippen LogP contribution in [0.3, 0.4) is 0 Å². The molecular weight excluding hydrogens is 196 g/mol. The zero-order chi connectivity index (χ0) is 10.3. The van der Waals surface area contributed by atoms with E-state index < -0.39 is 5.91 Å². The van der Waals surface area contributed by atoms with Crippen LogP contribution in [0.4, 0.5) is 0 Å². The van der Waals surface area contributed by atoms with Crippen LogP contribution in [-0.4, -0.2) is 10.5 Å². The molecule has 0 spiro atoms. The highest BCUT2D eigenvalue weighted by Gasteiger charge is 2.09. The second-order valence-corrected chi connectivity index (χ2v) is 3.71. The number of nitrogens with two attached hydrogens (primary N) is 1. The number of hydrogen-bond acceptors (Lipinski definition) is 2. The number of primary amides is 1. The summed E-state index contributed by atoms with van der Waals surface area (Å²) in [6, 6.07) is 7.49. The van der Waals surface area contributed by atoms with Gasteiger partial charge in [0.2, 0.25) is 0 Å². The van der Waals surface area contributed by atoms with Crippen molar-refractivity contribution >= 4 is 29.4 Å². The minimum absolute atomic E-state index is 0.413. The first-order valence-electron chi connectivity index (χ1n) is 4.18. The normalized spacial score (nSPS) is 10.7. The van der Waals surface area contributed by atoms with Gasteiger partial charge in [-0.05, 0) is 24.3 Å². The molecule has 0 aliphatic rings. The zero-order valence-electron chi connectivity index (χ0n) is 7.69. The lowest BCUT2D eigenvalue weighted by atomic mass is 10.2. The Kier molecular flexibility index (Phi) is 2.00. The number of benzene rings is 1. The number of aromatic nitrogens is 1. The molecule has 0 fully saturated rings. The predicted octanol–water partition coefficient (Wildman–Crippen LogP) is 1.57. The van der Waals surface area contributed by atoms with E-state index in [2.05, 4.69) is 12.6 Å². The van der Waals surface area contributed by atoms with Crippen LogP contribution in [0.2, 0.25) is 0 Å². The number of nitrogens with zero attached hydrogens (tertiary/aromatic N) is 1. The van der Waals surface area contributed by atoms with Gasteiger partial charge in [0.1, 0.15) is 5.69 Å². The van der Waals surface area contributed by atoms with E-state index in [1.54, 1.807) is 10.6 Å². The van der Waals surface area contributed by atoms with Gasteiger partial charge in [-0.25, -0.2) is 0 Å². The van der Waals surface area contributed by atoms with E-state index in [4.69, 9.17) is 5.73 Å². The monoisotopic (exact) mass is 206 g/mol. The summed E-state index contributed by atoms with van der Waals surface area (Å²) in [7, 11) is 1.82. The van der Waals surface area contributed by atoms with Crippen molar-refractivity contribution in [3.63, 3.8) is 0 Å². The Morgan fingerprint density at radius 2 is 2.14 bits per heavy atom. The van der Waals surface area contributed by atoms with Crippen molar-refractivity contribution in [2.75, 3.05) is 0 Å². The first-order chi connectivity index (χ1) is 6.59. The van der Waals surface area contributed by atoms with Crippen molar-refractivity contribution in [1.82, 2.24) is 4.57 Å². The molecule has 72 valence electrons. The number of carbonyl (C=O) groups excluding carboxylic acids is 1. The Hall–Kier alpha value is -1.42. The van der Waals surface area contributed by atoms with Gasteiger partial charge in [0, 0.05) is 22.8 Å². The number of aryl methyl sites for hydroxylation is 1. The fourth-order valence-corrected chi connectivity index (χ4v) is 1.79. The van der Waals surface area contributed by atoms with Crippen LogP contribution in [-0.2, 0) is 7.05 Å². The van der Waals surface area contributed by atoms with Crippen molar-refractivity contribution in [1.29, 1.82) is 0 Å². The van der Waals surface area contributed by atoms with Crippen LogP contribution in [0.5, 0.6) is 0 Å². The van der Waals surface area contributed by atoms with Crippen LogP contribution in [0, 0.1) is 0 Å². The fraction of sp³-hybridized carbons (Fsp3) is 0.100. The number of thiol groups is 1. The van der Waals surface area contributed by atoms with Gasteiger partial charge in [-0.2, -0.15) is 0 Å². The maximum absolute atomic E-state index is 11.1. The molecular formula is C10H10N2OS. The molecule has 1 heterocycles. The molecule has 0 aliphatic heterocycles. The molecule has 2 rings (SSSR count). The molecule has 1 amide bonds. The standard InChI is InChI=1S/C10H10N2OS/c1-12-8-3-2-7(14)4-6(8)5-9(12)10(11)13/h2-5,14H,1H3,(H2,11,13). The van der Waals surface area contributed by atoms with Gasteiger partial charge >= 0.3 is 0 Å². The van der Waals surface area contributed by atoms with E-state index >= 15 is 0 Å². The van der Waals surface area contributed by atoms with Crippen LogP contribution in [0.15, 0.2) is 29.2 Å². The van der Waals surface area contributed by atoms with Gasteiger partial charge in [-0.15, -0.1) is 12.6 Å². The molecule has 14 heavy (non-hydrogen) atoms. The topological polar surface area (TPSA) is 48.0 Å². The lowest BCUT2D eigenvalue weighted by molar-refractivity contribution is 0.0993. The smallest absolute Gasteiger partial charge is 0.265 e. The first-order valence-corrected chi connectivity index (χ1v) is 4.62. The Labute approximate surface area is 86.9 Å². The van der Waals surface area contributed by atoms with E-state index in [1.807, 2.05) is 25.2 Å². The maximum Gasteiger partial charge on any atom is 0.265 e. The summed E-state index contributed by atoms with van der Waals surface area (Å²) in [5, 5.41) is 0.980. The summed E-state index contributed by atoms with van der Waals surface area (Å²) in [5.74, 6) is -0.413. The summed E-state index contributed by atoms with van der Waals surface area (Å²) in [5.41, 5.74) is 6.73. The zero-order valence-corrected chi connectivity index (χ0v) is 8.58. The number of hydrogen-bond donors (Lipinski definition) is 2. The van der Waals surface area contributed by atoms with Crippen LogP contribution in [0.1, 0.15) is 10.5 Å². The summed E-state index contributed by atoms with van der Waals surface area (Å²) in [4.78, 5) is 11.9. The summed E-state index contributed by atoms with van der Waals surface area (Å²) in [6.45, 7) is 0. The minimum atomic E-state index is -0.413. The molecule has 1 aromatic carbocycles. The third-order valence-corrected chi connectivity index (χ3v) is 2.56. The lowest BCUT2D eigenvalue weighted by Gasteiger charge is -1.99. The number of carbonyl (C=O) groups is 1. The molecule has 2 N–H and O–H groups in total. The Morgan fingerprint density at radius 3 is 2.79 bits per heavy atom. The predicted molar refractivity (Wildman–Crippen MR) is 58.7 cm³/mol. The van der Waals surface area contributed by atoms with Gasteiger partial charge in [0.15, 0.2) is 0 Å². The molecule has 0 unspecified atom stereocenters. The summed E-state index contributed by atoms with van der Waals surface area (Å²) in [6.07, 6.45) is 0. The van der Waals surface area contributed by atoms with E-state index in [9.17, 15) is 4.79 Å². The van der Waals surface area contributed by atoms with Crippen molar-refractivity contribution in [3.05, 3.63) is 30.0 Å². The Balaban J connectivity index is 2.79. The first kappa shape index (κ1) is 9.15. The summed E-state index contributed by atoms with van der Waals surface area (Å²) >= 11 is 4.23. The molecule has 0 saturated heterocycles. The van der Waals surface area contributed by atoms with E-state index in [0.717, 1.165) is 15.8 Å². The van der Waals surface area contributed by atoms with Crippen LogP contribution < -0.4 is 5.73 Å². The second-order valence-electron chi connectivity index (χ2n) is 3.20. The van der Waals surface area contributed by atoms with E-state index in [-0.39, 0.29) is 0 Å². The van der Waals surface area contributed by atoms with Crippen molar-refractivity contribution in [3.8, 4) is 0 Å². The van der Waals surface area contributed by atoms with Gasteiger partial charge in [-0.1, -0.05) is 0 Å². The average Bonchev–Trinajstić information content (AvgIpc) is 2.43. The van der Waals surface area contributed by atoms with Gasteiger partial charge in [0.25, 0.3) is 5.91 Å². The van der Waals surface area contributed by atoms with E-state index in [1.165, 1.54) is 0 Å². The maximum atomic E-state index is 11.1. The summed E-state index contributed by atoms with van der Waals surface area (Å²) < 4.78 is 1.78. The van der Waals surface area contributed by atoms with Crippen LogP contribution in [0.25, 0.3) is 10.9 Å². The molecule has 0 atom stereocenters. The SMILES string of the molecule is Cn1c(C(N)=O)cc2cc(S)ccc21. The largest absolute Gasteiger partial charge is 0.364 e. The molecule has 0 saturated carbocycles. The number of fused-ring (bicyclic) bond motifs is 1. The van der Waals surface area contributed by atoms with Crippen molar-refractivity contribution in [2.24, 2.45) is 12.8 Å². The number of rotatable bonds is 1. The molecule has 1 aromatic heterocycles. The van der Waals surface area contributed by atoms with Gasteiger partial charge < -0.3 is 10.3 Å². The third kappa shape index (κ3) is 1.28. The van der Waals surface area contributed by atoms with Crippen LogP contribution >= 0.6 is 12.6 Å². The average molecular weight is 206 g/mol. The van der Waals surface area contributed by atoms with Crippen molar-refractivity contribution in [2.45, 2.75) is 4.90 Å². The molecule has 2 aromatic rings. The Morgan fingerprint density at radius 1 is 1.43 bits per heavy atom. The molecule has 0 radical (unpaired) electrons. The Bertz CT molecular complexity index is 516. The molecule has 0 aliphatic carbocycles. The highest BCUT2D eigenvalue weighted by Crippen LogP contribution is 2.21. The highest BCUT2D eigenvalue weighted by atomic mass is 32.1. The lowest BCUT2D eigenvalue weighted by Crippen LogP contribution is -2.14. The van der Waals surface area contributed by atoms with Gasteiger partial charge in [0.05, 0.1) is 0 Å². The fourth-order valence-electron chi connectivity index (χ4n) is 1.57. The van der Waals surface area contributed by atoms with Gasteiger partial charge in [-0.3, -0.25) is 4.79 Å². The molecule has 0 bridgehead atoms. The number of amides is 1. The minimum Gasteiger partial charge on any atom is -0.364 e. The van der Waals surface area contributed by atoms with E-state index in [0.29, 0.717) is 5.69 Å². The third-order valence-electron chi connectivity index (χ3n) is 2.28. The molecule has 3 nitrogen and oxygen atoms in total. The quantitative estimate of drug-likeness (QED) is 0.683. The second kappa shape index (κ2) is 3.06. The van der Waals surface area contributed by atoms with Crippen molar-refractivity contribution < 1.29 is 4.79 Å². The molecule has 4 heteroatoms. The highest BCUT2D eigenvalue weighted by molar-refractivity contribution is 7.80.